The topological polar surface area (TPSA) is 44.3 Å². The van der Waals surface area contributed by atoms with Gasteiger partial charge in [0.1, 0.15) is 5.02 Å². The minimum absolute atomic E-state index is 0.335. The van der Waals surface area contributed by atoms with Crippen LogP contribution in [0.1, 0.15) is 13.8 Å². The van der Waals surface area contributed by atoms with Gasteiger partial charge in [-0.2, -0.15) is 4.98 Å². The molecule has 1 atom stereocenters. The maximum atomic E-state index is 6.20. The molecule has 0 aromatic carbocycles. The lowest BCUT2D eigenvalue weighted by molar-refractivity contribution is 0.372. The van der Waals surface area contributed by atoms with E-state index in [9.17, 15) is 0 Å². The van der Waals surface area contributed by atoms with Crippen LogP contribution in [0, 0.1) is 0 Å². The molecular weight excluding hydrogens is 250 g/mol. The Hall–Kier alpha value is -1.07. The molecule has 0 spiro atoms. The highest BCUT2D eigenvalue weighted by molar-refractivity contribution is 6.32. The van der Waals surface area contributed by atoms with E-state index < -0.39 is 0 Å². The number of likely N-dealkylation sites (N-methyl/N-ethyl adjacent to an activating group) is 2. The van der Waals surface area contributed by atoms with E-state index >= 15 is 0 Å². The van der Waals surface area contributed by atoms with E-state index in [1.54, 1.807) is 13.2 Å². The van der Waals surface area contributed by atoms with Crippen LogP contribution in [0.4, 0.5) is 11.8 Å². The molecule has 6 heteroatoms. The number of aromatic nitrogens is 2. The van der Waals surface area contributed by atoms with Crippen LogP contribution in [-0.4, -0.2) is 55.1 Å². The van der Waals surface area contributed by atoms with Crippen molar-refractivity contribution >= 4 is 23.4 Å². The minimum Gasteiger partial charge on any atom is -0.357 e. The maximum Gasteiger partial charge on any atom is 0.224 e. The third-order valence-corrected chi connectivity index (χ3v) is 2.99. The standard InChI is InChI=1S/C12H22ClN5/c1-6-18(9(2)8-17(4)5)11-10(13)7-15-12(14-3)16-11/h7,9H,6,8H2,1-5H3,(H,14,15,16). The highest BCUT2D eigenvalue weighted by Crippen LogP contribution is 2.25. The summed E-state index contributed by atoms with van der Waals surface area (Å²) in [6, 6.07) is 0.335. The summed E-state index contributed by atoms with van der Waals surface area (Å²) in [6.45, 7) is 6.07. The van der Waals surface area contributed by atoms with Crippen LogP contribution in [0.3, 0.4) is 0 Å². The summed E-state index contributed by atoms with van der Waals surface area (Å²) >= 11 is 6.20. The van der Waals surface area contributed by atoms with Crippen LogP contribution in [0.15, 0.2) is 6.20 Å². The van der Waals surface area contributed by atoms with Crippen molar-refractivity contribution in [2.75, 3.05) is 44.4 Å². The van der Waals surface area contributed by atoms with Crippen LogP contribution in [-0.2, 0) is 0 Å². The first-order chi connectivity index (χ1) is 8.49. The summed E-state index contributed by atoms with van der Waals surface area (Å²) < 4.78 is 0. The minimum atomic E-state index is 0.335. The lowest BCUT2D eigenvalue weighted by atomic mass is 10.2. The second kappa shape index (κ2) is 6.75. The van der Waals surface area contributed by atoms with Gasteiger partial charge in [-0.05, 0) is 27.9 Å². The highest BCUT2D eigenvalue weighted by Gasteiger charge is 2.18. The third-order valence-electron chi connectivity index (χ3n) is 2.72. The number of nitrogens with zero attached hydrogens (tertiary/aromatic N) is 4. The molecule has 0 amide bonds. The molecule has 1 unspecified atom stereocenters. The third kappa shape index (κ3) is 3.71. The molecule has 1 aromatic heterocycles. The van der Waals surface area contributed by atoms with Crippen molar-refractivity contribution in [3.8, 4) is 0 Å². The SMILES string of the molecule is CCN(c1nc(NC)ncc1Cl)C(C)CN(C)C. The summed E-state index contributed by atoms with van der Waals surface area (Å²) in [5, 5.41) is 3.52. The summed E-state index contributed by atoms with van der Waals surface area (Å²) in [7, 11) is 5.92. The first-order valence-corrected chi connectivity index (χ1v) is 6.49. The molecule has 0 aliphatic rings. The van der Waals surface area contributed by atoms with Gasteiger partial charge >= 0.3 is 0 Å². The number of nitrogens with one attached hydrogen (secondary N) is 1. The Labute approximate surface area is 114 Å². The van der Waals surface area contributed by atoms with E-state index in [2.05, 4.69) is 53.0 Å². The molecule has 102 valence electrons. The predicted octanol–water partition coefficient (Wildman–Crippen LogP) is 1.95. The van der Waals surface area contributed by atoms with Crippen LogP contribution in [0.5, 0.6) is 0 Å². The van der Waals surface area contributed by atoms with Crippen molar-refractivity contribution in [1.29, 1.82) is 0 Å². The van der Waals surface area contributed by atoms with Crippen LogP contribution >= 0.6 is 11.6 Å². The summed E-state index contributed by atoms with van der Waals surface area (Å²) in [4.78, 5) is 12.9. The van der Waals surface area contributed by atoms with Crippen molar-refractivity contribution in [2.24, 2.45) is 0 Å². The molecule has 0 saturated heterocycles. The molecule has 0 aliphatic heterocycles. The molecule has 1 aromatic rings. The molecule has 18 heavy (non-hydrogen) atoms. The van der Waals surface area contributed by atoms with Gasteiger partial charge in [0.2, 0.25) is 5.95 Å². The van der Waals surface area contributed by atoms with E-state index in [1.807, 2.05) is 0 Å². The van der Waals surface area contributed by atoms with E-state index in [4.69, 9.17) is 11.6 Å². The number of hydrogen-bond acceptors (Lipinski definition) is 5. The van der Waals surface area contributed by atoms with Gasteiger partial charge in [-0.1, -0.05) is 11.6 Å². The molecule has 1 N–H and O–H groups in total. The highest BCUT2D eigenvalue weighted by atomic mass is 35.5. The molecule has 0 radical (unpaired) electrons. The zero-order chi connectivity index (χ0) is 13.7. The lowest BCUT2D eigenvalue weighted by Gasteiger charge is -2.31. The Morgan fingerprint density at radius 1 is 1.44 bits per heavy atom. The van der Waals surface area contributed by atoms with Gasteiger partial charge < -0.3 is 15.1 Å². The predicted molar refractivity (Wildman–Crippen MR) is 77.6 cm³/mol. The van der Waals surface area contributed by atoms with E-state index in [-0.39, 0.29) is 0 Å². The molecule has 5 nitrogen and oxygen atoms in total. The summed E-state index contributed by atoms with van der Waals surface area (Å²) in [5.74, 6) is 1.37. The van der Waals surface area contributed by atoms with Crippen molar-refractivity contribution in [3.63, 3.8) is 0 Å². The zero-order valence-corrected chi connectivity index (χ0v) is 12.5. The Bertz CT molecular complexity index is 383. The fourth-order valence-electron chi connectivity index (χ4n) is 1.98. The molecule has 1 rings (SSSR count). The molecule has 0 aliphatic carbocycles. The monoisotopic (exact) mass is 271 g/mol. The molecule has 0 saturated carbocycles. The van der Waals surface area contributed by atoms with Crippen LogP contribution in [0.2, 0.25) is 5.02 Å². The first-order valence-electron chi connectivity index (χ1n) is 6.11. The smallest absolute Gasteiger partial charge is 0.224 e. The van der Waals surface area contributed by atoms with Gasteiger partial charge in [0, 0.05) is 26.2 Å². The Morgan fingerprint density at radius 2 is 2.11 bits per heavy atom. The fourth-order valence-corrected chi connectivity index (χ4v) is 2.18. The van der Waals surface area contributed by atoms with Crippen LogP contribution in [0.25, 0.3) is 0 Å². The van der Waals surface area contributed by atoms with Gasteiger partial charge in [0.25, 0.3) is 0 Å². The average molecular weight is 272 g/mol. The zero-order valence-electron chi connectivity index (χ0n) is 11.7. The second-order valence-electron chi connectivity index (χ2n) is 4.51. The quantitative estimate of drug-likeness (QED) is 0.857. The number of anilines is 2. The van der Waals surface area contributed by atoms with Gasteiger partial charge in [-0.3, -0.25) is 0 Å². The van der Waals surface area contributed by atoms with Crippen molar-refractivity contribution in [2.45, 2.75) is 19.9 Å². The molecule has 0 bridgehead atoms. The average Bonchev–Trinajstić information content (AvgIpc) is 2.31. The van der Waals surface area contributed by atoms with E-state index in [0.29, 0.717) is 17.0 Å². The largest absolute Gasteiger partial charge is 0.357 e. The number of halogens is 1. The molecular formula is C12H22ClN5. The van der Waals surface area contributed by atoms with Crippen molar-refractivity contribution in [1.82, 2.24) is 14.9 Å². The second-order valence-corrected chi connectivity index (χ2v) is 4.92. The van der Waals surface area contributed by atoms with E-state index in [1.165, 1.54) is 0 Å². The Balaban J connectivity index is 3.00. The van der Waals surface area contributed by atoms with Crippen molar-refractivity contribution < 1.29 is 0 Å². The van der Waals surface area contributed by atoms with E-state index in [0.717, 1.165) is 18.9 Å². The normalized spacial score (nSPS) is 12.6. The molecule has 1 heterocycles. The first kappa shape index (κ1) is 15.0. The Kier molecular flexibility index (Phi) is 5.62. The van der Waals surface area contributed by atoms with Gasteiger partial charge in [0.05, 0.1) is 6.20 Å². The van der Waals surface area contributed by atoms with Gasteiger partial charge in [-0.25, -0.2) is 4.98 Å². The summed E-state index contributed by atoms with van der Waals surface area (Å²) in [5.41, 5.74) is 0. The lowest BCUT2D eigenvalue weighted by Crippen LogP contribution is -2.40. The van der Waals surface area contributed by atoms with Crippen molar-refractivity contribution in [3.05, 3.63) is 11.2 Å². The fraction of sp³-hybridized carbons (Fsp3) is 0.667. The Morgan fingerprint density at radius 3 is 2.61 bits per heavy atom. The number of rotatable bonds is 6. The van der Waals surface area contributed by atoms with Gasteiger partial charge in [0.15, 0.2) is 5.82 Å². The van der Waals surface area contributed by atoms with Crippen LogP contribution < -0.4 is 10.2 Å². The summed E-state index contributed by atoms with van der Waals surface area (Å²) in [6.07, 6.45) is 1.64. The molecule has 0 fully saturated rings. The number of hydrogen-bond donors (Lipinski definition) is 1. The maximum absolute atomic E-state index is 6.20. The van der Waals surface area contributed by atoms with Gasteiger partial charge in [-0.15, -0.1) is 0 Å².